The first kappa shape index (κ1) is 21.8. The fourth-order valence-electron chi connectivity index (χ4n) is 4.69. The number of rotatable bonds is 5. The number of aromatic nitrogens is 1. The van der Waals surface area contributed by atoms with Crippen LogP contribution in [0, 0.1) is 6.92 Å². The summed E-state index contributed by atoms with van der Waals surface area (Å²) in [4.78, 5) is 21.6. The van der Waals surface area contributed by atoms with Gasteiger partial charge in [0.05, 0.1) is 35.1 Å². The van der Waals surface area contributed by atoms with E-state index in [2.05, 4.69) is 29.8 Å². The lowest BCUT2D eigenvalue weighted by atomic mass is 9.92. The molecule has 2 aliphatic heterocycles. The lowest BCUT2D eigenvalue weighted by Crippen LogP contribution is -2.40. The Morgan fingerprint density at radius 3 is 2.68 bits per heavy atom. The zero-order valence-corrected chi connectivity index (χ0v) is 19.6. The van der Waals surface area contributed by atoms with Crippen molar-refractivity contribution in [1.82, 2.24) is 9.29 Å². The Morgan fingerprint density at radius 1 is 1.23 bits per heavy atom. The number of hydrogen-bond acceptors (Lipinski definition) is 5. The third-order valence-electron chi connectivity index (χ3n) is 6.63. The summed E-state index contributed by atoms with van der Waals surface area (Å²) < 4.78 is 26.0. The minimum Gasteiger partial charge on any atom is -0.369 e. The Bertz CT molecular complexity index is 1130. The second-order valence-corrected chi connectivity index (χ2v) is 11.2. The number of amides is 1. The van der Waals surface area contributed by atoms with Gasteiger partial charge in [-0.25, -0.2) is 8.42 Å². The molecule has 1 aromatic carbocycles. The van der Waals surface area contributed by atoms with E-state index in [-0.39, 0.29) is 17.7 Å². The molecule has 8 heteroatoms. The highest BCUT2D eigenvalue weighted by Crippen LogP contribution is 2.42. The molecule has 1 amide bonds. The number of hydrogen-bond donors (Lipinski definition) is 0. The van der Waals surface area contributed by atoms with Gasteiger partial charge in [-0.2, -0.15) is 4.31 Å². The summed E-state index contributed by atoms with van der Waals surface area (Å²) in [6, 6.07) is 8.00. The van der Waals surface area contributed by atoms with Crippen LogP contribution in [0.4, 0.5) is 11.4 Å². The maximum atomic E-state index is 13.3. The Hall–Kier alpha value is -2.45. The number of sulfonamides is 1. The highest BCUT2D eigenvalue weighted by Gasteiger charge is 2.44. The molecule has 7 nitrogen and oxygen atoms in total. The van der Waals surface area contributed by atoms with Crippen molar-refractivity contribution in [3.8, 4) is 0 Å². The van der Waals surface area contributed by atoms with Gasteiger partial charge in [0.2, 0.25) is 10.0 Å². The number of aryl methyl sites for hydroxylation is 1. The molecule has 1 aromatic heterocycles. The van der Waals surface area contributed by atoms with Crippen molar-refractivity contribution in [1.29, 1.82) is 0 Å². The molecule has 2 aromatic rings. The molecular formula is C23H30N4O3S. The molecule has 0 bridgehead atoms. The summed E-state index contributed by atoms with van der Waals surface area (Å²) in [5.41, 5.74) is 3.99. The van der Waals surface area contributed by atoms with E-state index in [9.17, 15) is 13.2 Å². The Morgan fingerprint density at radius 2 is 1.97 bits per heavy atom. The van der Waals surface area contributed by atoms with Crippen molar-refractivity contribution in [3.05, 3.63) is 53.3 Å². The first-order valence-corrected chi connectivity index (χ1v) is 12.3. The minimum atomic E-state index is -3.19. The Kier molecular flexibility index (Phi) is 5.34. The Labute approximate surface area is 184 Å². The molecule has 166 valence electrons. The predicted octanol–water partition coefficient (Wildman–Crippen LogP) is 3.15. The summed E-state index contributed by atoms with van der Waals surface area (Å²) in [6.07, 6.45) is 4.25. The van der Waals surface area contributed by atoms with Crippen LogP contribution in [0.15, 0.2) is 36.7 Å². The largest absolute Gasteiger partial charge is 0.369 e. The fraction of sp³-hybridized carbons (Fsp3) is 0.478. The molecule has 1 atom stereocenters. The molecule has 0 radical (unpaired) electrons. The highest BCUT2D eigenvalue weighted by atomic mass is 32.2. The molecule has 0 aliphatic carbocycles. The van der Waals surface area contributed by atoms with Crippen LogP contribution in [0.1, 0.15) is 48.7 Å². The van der Waals surface area contributed by atoms with Gasteiger partial charge < -0.3 is 4.90 Å². The van der Waals surface area contributed by atoms with Crippen LogP contribution in [0.25, 0.3) is 0 Å². The number of pyridine rings is 1. The van der Waals surface area contributed by atoms with Crippen LogP contribution in [-0.4, -0.2) is 55.5 Å². The third-order valence-corrected chi connectivity index (χ3v) is 8.48. The second-order valence-electron chi connectivity index (χ2n) is 8.96. The molecule has 1 unspecified atom stereocenters. The number of nitrogens with zero attached hydrogens (tertiary/aromatic N) is 4. The average Bonchev–Trinajstić information content (AvgIpc) is 3.30. The predicted molar refractivity (Wildman–Crippen MR) is 123 cm³/mol. The van der Waals surface area contributed by atoms with E-state index in [1.54, 1.807) is 23.6 Å². The molecule has 4 rings (SSSR count). The molecule has 31 heavy (non-hydrogen) atoms. The third kappa shape index (κ3) is 3.61. The number of carbonyl (C=O) groups excluding carboxylic acids is 1. The molecule has 2 aliphatic rings. The van der Waals surface area contributed by atoms with Crippen molar-refractivity contribution >= 4 is 27.3 Å². The average molecular weight is 443 g/mol. The quantitative estimate of drug-likeness (QED) is 0.711. The summed E-state index contributed by atoms with van der Waals surface area (Å²) in [6.45, 7) is 8.81. The van der Waals surface area contributed by atoms with Crippen molar-refractivity contribution in [2.24, 2.45) is 0 Å². The highest BCUT2D eigenvalue weighted by molar-refractivity contribution is 7.89. The Balaban J connectivity index is 1.62. The zero-order valence-electron chi connectivity index (χ0n) is 18.8. The van der Waals surface area contributed by atoms with Crippen molar-refractivity contribution in [3.63, 3.8) is 0 Å². The minimum absolute atomic E-state index is 0.0253. The molecular weight excluding hydrogens is 412 g/mol. The second kappa shape index (κ2) is 7.60. The maximum Gasteiger partial charge on any atom is 0.259 e. The lowest BCUT2D eigenvalue weighted by molar-refractivity contribution is 0.0982. The number of anilines is 2. The van der Waals surface area contributed by atoms with Gasteiger partial charge in [0, 0.05) is 31.7 Å². The number of fused-ring (bicyclic) bond motifs is 1. The van der Waals surface area contributed by atoms with Crippen molar-refractivity contribution < 1.29 is 13.2 Å². The van der Waals surface area contributed by atoms with E-state index >= 15 is 0 Å². The summed E-state index contributed by atoms with van der Waals surface area (Å²) in [5, 5.41) is 0. The first-order valence-electron chi connectivity index (χ1n) is 10.7. The summed E-state index contributed by atoms with van der Waals surface area (Å²) in [5.74, 6) is 0.0924. The molecule has 1 saturated heterocycles. The van der Waals surface area contributed by atoms with Crippen LogP contribution in [0.2, 0.25) is 0 Å². The van der Waals surface area contributed by atoms with Gasteiger partial charge in [-0.15, -0.1) is 0 Å². The monoisotopic (exact) mass is 442 g/mol. The smallest absolute Gasteiger partial charge is 0.259 e. The van der Waals surface area contributed by atoms with E-state index in [0.717, 1.165) is 34.5 Å². The van der Waals surface area contributed by atoms with E-state index in [1.165, 1.54) is 0 Å². The summed E-state index contributed by atoms with van der Waals surface area (Å²) >= 11 is 0. The molecule has 0 spiro atoms. The molecule has 0 N–H and O–H groups in total. The van der Waals surface area contributed by atoms with Gasteiger partial charge >= 0.3 is 0 Å². The van der Waals surface area contributed by atoms with Gasteiger partial charge in [0.1, 0.15) is 0 Å². The first-order chi connectivity index (χ1) is 14.6. The SMILES string of the molecule is CCS(=O)(=O)N1CCC(N(C)c2cncc(N3C(=O)c4ccc(C)cc4C3(C)C)c2)C1. The van der Waals surface area contributed by atoms with Crippen LogP contribution in [-0.2, 0) is 15.6 Å². The van der Waals surface area contributed by atoms with E-state index in [4.69, 9.17) is 0 Å². The normalized spacial score (nSPS) is 20.9. The van der Waals surface area contributed by atoms with Crippen molar-refractivity contribution in [2.45, 2.75) is 45.7 Å². The zero-order chi connectivity index (χ0) is 22.6. The van der Waals surface area contributed by atoms with E-state index < -0.39 is 15.6 Å². The molecule has 0 saturated carbocycles. The van der Waals surface area contributed by atoms with Gasteiger partial charge in [-0.05, 0) is 51.8 Å². The molecule has 3 heterocycles. The maximum absolute atomic E-state index is 13.3. The fourth-order valence-corrected chi connectivity index (χ4v) is 5.84. The van der Waals surface area contributed by atoms with E-state index in [1.807, 2.05) is 37.1 Å². The van der Waals surface area contributed by atoms with Crippen LogP contribution in [0.5, 0.6) is 0 Å². The van der Waals surface area contributed by atoms with E-state index in [0.29, 0.717) is 13.1 Å². The summed E-state index contributed by atoms with van der Waals surface area (Å²) in [7, 11) is -1.23. The van der Waals surface area contributed by atoms with Gasteiger partial charge in [-0.3, -0.25) is 14.7 Å². The lowest BCUT2D eigenvalue weighted by Gasteiger charge is -2.33. The van der Waals surface area contributed by atoms with Crippen LogP contribution >= 0.6 is 0 Å². The topological polar surface area (TPSA) is 73.8 Å². The molecule has 1 fully saturated rings. The van der Waals surface area contributed by atoms with Gasteiger partial charge in [0.15, 0.2) is 0 Å². The van der Waals surface area contributed by atoms with Crippen LogP contribution < -0.4 is 9.80 Å². The van der Waals surface area contributed by atoms with Crippen LogP contribution in [0.3, 0.4) is 0 Å². The number of carbonyl (C=O) groups is 1. The van der Waals surface area contributed by atoms with Crippen molar-refractivity contribution in [2.75, 3.05) is 35.7 Å². The number of benzene rings is 1. The van der Waals surface area contributed by atoms with Gasteiger partial charge in [0.25, 0.3) is 5.91 Å². The standard InChI is InChI=1S/C23H30N4O3S/c1-6-31(29,30)26-10-9-17(15-26)25(5)18-12-19(14-24-13-18)27-22(28)20-8-7-16(2)11-21(20)23(27,3)4/h7-8,11-14,17H,6,9-10,15H2,1-5H3. The number of likely N-dealkylation sites (N-methyl/N-ethyl adjacent to an activating group) is 1. The van der Waals surface area contributed by atoms with Gasteiger partial charge in [-0.1, -0.05) is 17.7 Å².